The molecule has 0 spiro atoms. The standard InChI is InChI=1S/C11H11N5O3S/c17-11(20)3-1-2-10-12-13-14-15(10)8-4-6-9(7-5-8)16(18)19/h4-7H,1-3H2,(H,17,20). The van der Waals surface area contributed by atoms with Gasteiger partial charge >= 0.3 is 0 Å². The quantitative estimate of drug-likeness (QED) is 0.490. The molecular formula is C11H11N5O3S. The van der Waals surface area contributed by atoms with Crippen LogP contribution in [0.5, 0.6) is 0 Å². The molecule has 0 aliphatic carbocycles. The number of aryl methyl sites for hydroxylation is 1. The van der Waals surface area contributed by atoms with Crippen molar-refractivity contribution in [3.8, 4) is 5.69 Å². The number of rotatable bonds is 6. The zero-order valence-corrected chi connectivity index (χ0v) is 11.2. The van der Waals surface area contributed by atoms with Gasteiger partial charge in [-0.05, 0) is 29.0 Å². The molecule has 1 aromatic heterocycles. The van der Waals surface area contributed by atoms with Crippen LogP contribution in [-0.2, 0) is 11.2 Å². The molecule has 2 rings (SSSR count). The Kier molecular flexibility index (Phi) is 4.41. The van der Waals surface area contributed by atoms with E-state index >= 15 is 0 Å². The molecule has 1 aromatic carbocycles. The highest BCUT2D eigenvalue weighted by atomic mass is 32.1. The first-order chi connectivity index (χ1) is 9.58. The van der Waals surface area contributed by atoms with Gasteiger partial charge in [-0.2, -0.15) is 4.68 Å². The third kappa shape index (κ3) is 3.38. The molecule has 9 heteroatoms. The lowest BCUT2D eigenvalue weighted by Crippen LogP contribution is -2.04. The highest BCUT2D eigenvalue weighted by Gasteiger charge is 2.10. The molecule has 0 fully saturated rings. The van der Waals surface area contributed by atoms with E-state index < -0.39 is 4.92 Å². The second kappa shape index (κ2) is 6.24. The minimum absolute atomic E-state index is 0.00375. The van der Waals surface area contributed by atoms with Crippen molar-refractivity contribution >= 4 is 23.4 Å². The minimum atomic E-state index is -0.470. The summed E-state index contributed by atoms with van der Waals surface area (Å²) in [5.74, 6) is 0.591. The van der Waals surface area contributed by atoms with Gasteiger partial charge in [-0.25, -0.2) is 0 Å². The Balaban J connectivity index is 2.14. The van der Waals surface area contributed by atoms with Gasteiger partial charge < -0.3 is 0 Å². The van der Waals surface area contributed by atoms with E-state index in [1.54, 1.807) is 12.1 Å². The van der Waals surface area contributed by atoms with Crippen molar-refractivity contribution in [2.24, 2.45) is 0 Å². The van der Waals surface area contributed by atoms with Crippen LogP contribution in [0.2, 0.25) is 0 Å². The maximum absolute atomic E-state index is 10.8. The summed E-state index contributed by atoms with van der Waals surface area (Å²) < 4.78 is 1.49. The van der Waals surface area contributed by atoms with Crippen molar-refractivity contribution in [3.63, 3.8) is 0 Å². The Bertz CT molecular complexity index is 625. The molecular weight excluding hydrogens is 282 g/mol. The second-order valence-electron chi connectivity index (χ2n) is 4.03. The number of tetrazole rings is 1. The van der Waals surface area contributed by atoms with Gasteiger partial charge in [0.1, 0.15) is 0 Å². The van der Waals surface area contributed by atoms with Crippen molar-refractivity contribution in [2.45, 2.75) is 19.3 Å². The number of aromatic nitrogens is 4. The summed E-state index contributed by atoms with van der Waals surface area (Å²) in [6.07, 6.45) is 1.46. The van der Waals surface area contributed by atoms with Gasteiger partial charge in [0.05, 0.1) is 10.6 Å². The summed E-state index contributed by atoms with van der Waals surface area (Å²) in [5, 5.41) is 21.7. The summed E-state index contributed by atoms with van der Waals surface area (Å²) in [6.45, 7) is 0. The molecule has 0 saturated carbocycles. The van der Waals surface area contributed by atoms with E-state index in [4.69, 9.17) is 0 Å². The van der Waals surface area contributed by atoms with Crippen LogP contribution in [-0.4, -0.2) is 30.2 Å². The highest BCUT2D eigenvalue weighted by Crippen LogP contribution is 2.15. The topological polar surface area (TPSA) is 104 Å². The summed E-state index contributed by atoms with van der Waals surface area (Å²) in [4.78, 5) is 20.9. The molecule has 8 nitrogen and oxygen atoms in total. The Morgan fingerprint density at radius 2 is 2.05 bits per heavy atom. The van der Waals surface area contributed by atoms with Crippen molar-refractivity contribution < 1.29 is 9.72 Å². The number of benzene rings is 1. The molecule has 20 heavy (non-hydrogen) atoms. The summed E-state index contributed by atoms with van der Waals surface area (Å²) in [7, 11) is 0. The monoisotopic (exact) mass is 293 g/mol. The maximum atomic E-state index is 10.8. The largest absolute Gasteiger partial charge is 0.288 e. The number of hydrogen-bond acceptors (Lipinski definition) is 6. The second-order valence-corrected chi connectivity index (χ2v) is 4.53. The van der Waals surface area contributed by atoms with Gasteiger partial charge in [-0.15, -0.1) is 17.7 Å². The predicted molar refractivity (Wildman–Crippen MR) is 72.7 cm³/mol. The number of non-ortho nitro benzene ring substituents is 1. The Labute approximate surface area is 119 Å². The van der Waals surface area contributed by atoms with E-state index in [-0.39, 0.29) is 10.8 Å². The fourth-order valence-corrected chi connectivity index (χ4v) is 1.83. The van der Waals surface area contributed by atoms with Crippen LogP contribution in [0.3, 0.4) is 0 Å². The van der Waals surface area contributed by atoms with E-state index in [1.165, 1.54) is 16.8 Å². The zero-order valence-electron chi connectivity index (χ0n) is 10.3. The lowest BCUT2D eigenvalue weighted by Gasteiger charge is -2.03. The van der Waals surface area contributed by atoms with Crippen molar-refractivity contribution in [1.29, 1.82) is 0 Å². The summed E-state index contributed by atoms with van der Waals surface area (Å²) >= 11 is 3.69. The van der Waals surface area contributed by atoms with Crippen molar-refractivity contribution in [1.82, 2.24) is 20.2 Å². The number of carbonyl (C=O) groups is 1. The lowest BCUT2D eigenvalue weighted by atomic mass is 10.2. The average Bonchev–Trinajstić information content (AvgIpc) is 2.87. The molecule has 0 bridgehead atoms. The smallest absolute Gasteiger partial charge is 0.269 e. The lowest BCUT2D eigenvalue weighted by molar-refractivity contribution is -0.384. The normalized spacial score (nSPS) is 10.4. The molecule has 0 aliphatic rings. The van der Waals surface area contributed by atoms with E-state index in [0.717, 1.165) is 0 Å². The van der Waals surface area contributed by atoms with Gasteiger partial charge in [0.15, 0.2) is 10.9 Å². The number of carbonyl (C=O) groups excluding carboxylic acids is 1. The predicted octanol–water partition coefficient (Wildman–Crippen LogP) is 1.35. The van der Waals surface area contributed by atoms with Crippen molar-refractivity contribution in [2.75, 3.05) is 0 Å². The van der Waals surface area contributed by atoms with Crippen LogP contribution in [0.1, 0.15) is 18.7 Å². The van der Waals surface area contributed by atoms with Crippen LogP contribution in [0.15, 0.2) is 24.3 Å². The molecule has 0 N–H and O–H groups in total. The molecule has 0 aliphatic heterocycles. The minimum Gasteiger partial charge on any atom is -0.288 e. The SMILES string of the molecule is O=C(S)CCCc1nnnn1-c1ccc([N+](=O)[O-])cc1. The molecule has 0 radical (unpaired) electrons. The number of nitrogens with zero attached hydrogens (tertiary/aromatic N) is 5. The van der Waals surface area contributed by atoms with Crippen LogP contribution >= 0.6 is 12.6 Å². The van der Waals surface area contributed by atoms with Gasteiger partial charge in [0.25, 0.3) is 5.69 Å². The van der Waals surface area contributed by atoms with Crippen LogP contribution in [0, 0.1) is 10.1 Å². The molecule has 0 atom stereocenters. The Morgan fingerprint density at radius 3 is 2.65 bits per heavy atom. The first-order valence-corrected chi connectivity index (χ1v) is 6.26. The van der Waals surface area contributed by atoms with Crippen LogP contribution < -0.4 is 0 Å². The number of nitro benzene ring substituents is 1. The number of thiol groups is 1. The molecule has 0 saturated heterocycles. The molecule has 0 amide bonds. The van der Waals surface area contributed by atoms with Gasteiger partial charge in [0.2, 0.25) is 0 Å². The Hall–Kier alpha value is -2.29. The first-order valence-electron chi connectivity index (χ1n) is 5.82. The van der Waals surface area contributed by atoms with E-state index in [1.807, 2.05) is 0 Å². The van der Waals surface area contributed by atoms with E-state index in [2.05, 4.69) is 28.2 Å². The van der Waals surface area contributed by atoms with Crippen LogP contribution in [0.25, 0.3) is 5.69 Å². The van der Waals surface area contributed by atoms with Gasteiger partial charge in [0, 0.05) is 25.0 Å². The highest BCUT2D eigenvalue weighted by molar-refractivity contribution is 7.96. The molecule has 0 unspecified atom stereocenters. The van der Waals surface area contributed by atoms with E-state index in [0.29, 0.717) is 30.8 Å². The van der Waals surface area contributed by atoms with Gasteiger partial charge in [-0.3, -0.25) is 14.9 Å². The third-order valence-corrected chi connectivity index (χ3v) is 2.85. The average molecular weight is 293 g/mol. The zero-order chi connectivity index (χ0) is 14.5. The van der Waals surface area contributed by atoms with Gasteiger partial charge in [-0.1, -0.05) is 0 Å². The van der Waals surface area contributed by atoms with Crippen LogP contribution in [0.4, 0.5) is 5.69 Å². The van der Waals surface area contributed by atoms with E-state index in [9.17, 15) is 14.9 Å². The summed E-state index contributed by atoms with van der Waals surface area (Å²) in [5.41, 5.74) is 0.636. The fourth-order valence-electron chi connectivity index (χ4n) is 1.68. The number of nitro groups is 1. The fraction of sp³-hybridized carbons (Fsp3) is 0.273. The number of hydrogen-bond donors (Lipinski definition) is 1. The molecule has 1 heterocycles. The molecule has 104 valence electrons. The van der Waals surface area contributed by atoms with Crippen molar-refractivity contribution in [3.05, 3.63) is 40.2 Å². The summed E-state index contributed by atoms with van der Waals surface area (Å²) in [6, 6.07) is 5.92. The third-order valence-electron chi connectivity index (χ3n) is 2.63. The maximum Gasteiger partial charge on any atom is 0.269 e. The molecule has 2 aromatic rings. The Morgan fingerprint density at radius 1 is 1.35 bits per heavy atom. The first kappa shape index (κ1) is 14.1.